The lowest BCUT2D eigenvalue weighted by atomic mass is 10.1. The van der Waals surface area contributed by atoms with Crippen molar-refractivity contribution in [3.8, 4) is 5.75 Å². The Morgan fingerprint density at radius 3 is 2.92 bits per heavy atom. The van der Waals surface area contributed by atoms with Crippen LogP contribution in [0.1, 0.15) is 27.2 Å². The third-order valence-corrected chi connectivity index (χ3v) is 4.19. The van der Waals surface area contributed by atoms with Crippen LogP contribution in [0.5, 0.6) is 5.75 Å². The highest BCUT2D eigenvalue weighted by Gasteiger charge is 2.19. The molecule has 2 atom stereocenters. The van der Waals surface area contributed by atoms with Gasteiger partial charge in [-0.05, 0) is 36.7 Å². The second-order valence-corrected chi connectivity index (χ2v) is 6.25. The van der Waals surface area contributed by atoms with Gasteiger partial charge in [0.15, 0.2) is 0 Å². The van der Waals surface area contributed by atoms with Crippen LogP contribution in [0, 0.1) is 11.7 Å². The summed E-state index contributed by atoms with van der Waals surface area (Å²) < 4.78 is 18.6. The normalized spacial score (nSPS) is 18.2. The first-order valence-corrected chi connectivity index (χ1v) is 8.46. The number of aliphatic imine (C=N–C) groups is 1. The number of likely N-dealkylation sites (N-methyl/N-ethyl adjacent to an activating group) is 1. The summed E-state index contributed by atoms with van der Waals surface area (Å²) in [5, 5.41) is 6.28. The van der Waals surface area contributed by atoms with Gasteiger partial charge in [0.1, 0.15) is 17.7 Å². The van der Waals surface area contributed by atoms with E-state index in [1.807, 2.05) is 20.2 Å². The number of rotatable bonds is 6. The molecule has 5 nitrogen and oxygen atoms in total. The van der Waals surface area contributed by atoms with Crippen LogP contribution < -0.4 is 15.4 Å². The minimum Gasteiger partial charge on any atom is -0.494 e. The molecule has 25 heavy (non-hydrogen) atoms. The van der Waals surface area contributed by atoms with Crippen molar-refractivity contribution >= 4 is 11.6 Å². The standard InChI is InChI=1S/C19H27FN4O/c1-6-13(2)9-10-24(4)18-14(3)12-21-19(23-18)22-16-8-7-15(20)11-17(16)25-5/h7-13,18H,6H2,1-5H3,(H2,21,22,23)/b10-9-. The molecule has 0 spiro atoms. The molecule has 1 aliphatic rings. The molecule has 0 aromatic heterocycles. The van der Waals surface area contributed by atoms with Gasteiger partial charge in [-0.25, -0.2) is 9.38 Å². The van der Waals surface area contributed by atoms with Gasteiger partial charge in [-0.2, -0.15) is 0 Å². The van der Waals surface area contributed by atoms with E-state index in [0.29, 0.717) is 23.3 Å². The monoisotopic (exact) mass is 346 g/mol. The number of halogens is 1. The van der Waals surface area contributed by atoms with E-state index in [4.69, 9.17) is 9.73 Å². The van der Waals surface area contributed by atoms with Gasteiger partial charge < -0.3 is 20.3 Å². The summed E-state index contributed by atoms with van der Waals surface area (Å²) >= 11 is 0. The van der Waals surface area contributed by atoms with Crippen molar-refractivity contribution in [2.75, 3.05) is 19.5 Å². The quantitative estimate of drug-likeness (QED) is 0.819. The molecule has 136 valence electrons. The number of allylic oxidation sites excluding steroid dienone is 1. The molecule has 1 heterocycles. The van der Waals surface area contributed by atoms with Crippen LogP contribution in [0.15, 0.2) is 47.2 Å². The van der Waals surface area contributed by atoms with Crippen LogP contribution in [-0.4, -0.2) is 31.2 Å². The van der Waals surface area contributed by atoms with Crippen molar-refractivity contribution in [2.24, 2.45) is 10.9 Å². The van der Waals surface area contributed by atoms with Crippen molar-refractivity contribution in [3.05, 3.63) is 48.1 Å². The minimum absolute atomic E-state index is 0.101. The van der Waals surface area contributed by atoms with Crippen LogP contribution in [0.2, 0.25) is 0 Å². The largest absolute Gasteiger partial charge is 0.494 e. The van der Waals surface area contributed by atoms with E-state index in [9.17, 15) is 4.39 Å². The molecule has 1 aromatic carbocycles. The van der Waals surface area contributed by atoms with Crippen molar-refractivity contribution < 1.29 is 9.13 Å². The third kappa shape index (κ3) is 4.98. The van der Waals surface area contributed by atoms with Gasteiger partial charge in [0.2, 0.25) is 5.96 Å². The number of nitrogens with zero attached hydrogens (tertiary/aromatic N) is 2. The summed E-state index contributed by atoms with van der Waals surface area (Å²) in [6.45, 7) is 6.39. The number of nitrogens with one attached hydrogen (secondary N) is 2. The molecule has 0 aliphatic carbocycles. The van der Waals surface area contributed by atoms with Crippen LogP contribution >= 0.6 is 0 Å². The van der Waals surface area contributed by atoms with Crippen LogP contribution in [0.25, 0.3) is 0 Å². The zero-order valence-electron chi connectivity index (χ0n) is 15.5. The second kappa shape index (κ2) is 8.55. The fourth-order valence-corrected chi connectivity index (χ4v) is 2.39. The molecule has 6 heteroatoms. The lowest BCUT2D eigenvalue weighted by Gasteiger charge is -2.29. The second-order valence-electron chi connectivity index (χ2n) is 6.25. The molecule has 0 saturated heterocycles. The smallest absolute Gasteiger partial charge is 0.202 e. The maximum atomic E-state index is 13.3. The maximum Gasteiger partial charge on any atom is 0.202 e. The highest BCUT2D eigenvalue weighted by atomic mass is 19.1. The maximum absolute atomic E-state index is 13.3. The zero-order valence-corrected chi connectivity index (χ0v) is 15.5. The van der Waals surface area contributed by atoms with E-state index in [-0.39, 0.29) is 12.0 Å². The number of ether oxygens (including phenoxy) is 1. The number of hydrogen-bond acceptors (Lipinski definition) is 5. The van der Waals surface area contributed by atoms with E-state index in [0.717, 1.165) is 12.0 Å². The number of methoxy groups -OCH3 is 1. The summed E-state index contributed by atoms with van der Waals surface area (Å²) in [5.41, 5.74) is 1.76. The number of benzene rings is 1. The van der Waals surface area contributed by atoms with E-state index in [1.165, 1.54) is 19.2 Å². The Balaban J connectivity index is 2.16. The van der Waals surface area contributed by atoms with Crippen LogP contribution in [0.4, 0.5) is 10.1 Å². The van der Waals surface area contributed by atoms with E-state index < -0.39 is 0 Å². The highest BCUT2D eigenvalue weighted by Crippen LogP contribution is 2.25. The summed E-state index contributed by atoms with van der Waals surface area (Å²) in [7, 11) is 3.52. The average Bonchev–Trinajstić information content (AvgIpc) is 2.62. The van der Waals surface area contributed by atoms with Gasteiger partial charge in [0, 0.05) is 19.3 Å². The molecule has 1 aliphatic heterocycles. The van der Waals surface area contributed by atoms with Crippen molar-refractivity contribution in [3.63, 3.8) is 0 Å². The topological polar surface area (TPSA) is 48.9 Å². The van der Waals surface area contributed by atoms with Gasteiger partial charge in [-0.1, -0.05) is 26.3 Å². The highest BCUT2D eigenvalue weighted by molar-refractivity contribution is 5.96. The number of anilines is 1. The molecule has 0 radical (unpaired) electrons. The predicted octanol–water partition coefficient (Wildman–Crippen LogP) is 3.93. The lowest BCUT2D eigenvalue weighted by molar-refractivity contribution is 0.372. The van der Waals surface area contributed by atoms with Gasteiger partial charge in [-0.15, -0.1) is 0 Å². The van der Waals surface area contributed by atoms with Crippen molar-refractivity contribution in [1.82, 2.24) is 10.2 Å². The summed E-state index contributed by atoms with van der Waals surface area (Å²) in [4.78, 5) is 6.78. The molecule has 0 saturated carbocycles. The fraction of sp³-hybridized carbons (Fsp3) is 0.421. The Hall–Kier alpha value is -2.50. The van der Waals surface area contributed by atoms with Gasteiger partial charge in [-0.3, -0.25) is 0 Å². The number of hydrogen-bond donors (Lipinski definition) is 2. The van der Waals surface area contributed by atoms with Gasteiger partial charge >= 0.3 is 0 Å². The Bertz CT molecular complexity index is 684. The van der Waals surface area contributed by atoms with E-state index in [2.05, 4.69) is 41.7 Å². The molecular formula is C19H27FN4O. The first kappa shape index (κ1) is 18.8. The summed E-state index contributed by atoms with van der Waals surface area (Å²) in [5.74, 6) is 1.20. The fourth-order valence-electron chi connectivity index (χ4n) is 2.39. The molecule has 2 unspecified atom stereocenters. The minimum atomic E-state index is -0.343. The van der Waals surface area contributed by atoms with E-state index in [1.54, 1.807) is 6.07 Å². The molecule has 1 aromatic rings. The molecule has 2 N–H and O–H groups in total. The Kier molecular flexibility index (Phi) is 6.44. The first-order chi connectivity index (χ1) is 11.9. The molecule has 2 rings (SSSR count). The lowest BCUT2D eigenvalue weighted by Crippen LogP contribution is -2.38. The van der Waals surface area contributed by atoms with Crippen LogP contribution in [0.3, 0.4) is 0 Å². The van der Waals surface area contributed by atoms with Gasteiger partial charge in [0.05, 0.1) is 12.8 Å². The predicted molar refractivity (Wildman–Crippen MR) is 101 cm³/mol. The Morgan fingerprint density at radius 1 is 1.48 bits per heavy atom. The Labute approximate surface area is 149 Å². The SMILES string of the molecule is CCC(C)/C=C\N(C)C1N=C(Nc2ccc(F)cc2OC)NC=C1C. The summed E-state index contributed by atoms with van der Waals surface area (Å²) in [6.07, 6.45) is 7.17. The van der Waals surface area contributed by atoms with Crippen molar-refractivity contribution in [2.45, 2.75) is 33.4 Å². The average molecular weight is 346 g/mol. The Morgan fingerprint density at radius 2 is 2.24 bits per heavy atom. The molecule has 0 bridgehead atoms. The molecular weight excluding hydrogens is 319 g/mol. The van der Waals surface area contributed by atoms with Gasteiger partial charge in [0.25, 0.3) is 0 Å². The third-order valence-electron chi connectivity index (χ3n) is 4.19. The summed E-state index contributed by atoms with van der Waals surface area (Å²) in [6, 6.07) is 4.35. The zero-order chi connectivity index (χ0) is 18.4. The van der Waals surface area contributed by atoms with Crippen molar-refractivity contribution in [1.29, 1.82) is 0 Å². The molecule has 0 amide bonds. The number of guanidine groups is 1. The molecule has 0 fully saturated rings. The first-order valence-electron chi connectivity index (χ1n) is 8.46. The van der Waals surface area contributed by atoms with E-state index >= 15 is 0 Å². The van der Waals surface area contributed by atoms with Crippen LogP contribution in [-0.2, 0) is 0 Å².